The van der Waals surface area contributed by atoms with Crippen LogP contribution < -0.4 is 11.1 Å². The topological polar surface area (TPSA) is 104 Å². The number of likely N-dealkylation sites (tertiary alicyclic amines) is 1. The number of aromatic amines is 1. The van der Waals surface area contributed by atoms with E-state index in [4.69, 9.17) is 5.73 Å². The normalized spacial score (nSPS) is 19.3. The van der Waals surface area contributed by atoms with Gasteiger partial charge in [0.15, 0.2) is 5.69 Å². The van der Waals surface area contributed by atoms with Crippen molar-refractivity contribution in [3.05, 3.63) is 11.4 Å². The van der Waals surface area contributed by atoms with E-state index in [1.165, 1.54) is 6.92 Å². The van der Waals surface area contributed by atoms with Gasteiger partial charge in [0.25, 0.3) is 5.91 Å². The summed E-state index contributed by atoms with van der Waals surface area (Å²) in [6.07, 6.45) is 1.75. The van der Waals surface area contributed by atoms with Crippen LogP contribution in [0.1, 0.15) is 35.9 Å². The Bertz CT molecular complexity index is 496. The van der Waals surface area contributed by atoms with Crippen molar-refractivity contribution in [2.45, 2.75) is 32.7 Å². The summed E-state index contributed by atoms with van der Waals surface area (Å²) in [6, 6.07) is 0.0106. The molecule has 0 aromatic carbocycles. The highest BCUT2D eigenvalue weighted by Gasteiger charge is 2.27. The number of piperidine rings is 1. The van der Waals surface area contributed by atoms with Crippen molar-refractivity contribution in [3.63, 3.8) is 0 Å². The lowest BCUT2D eigenvalue weighted by molar-refractivity contribution is -0.120. The number of amides is 2. The second-order valence-corrected chi connectivity index (χ2v) is 4.90. The molecular weight excluding hydrogens is 246 g/mol. The van der Waals surface area contributed by atoms with Crippen LogP contribution in [0.3, 0.4) is 0 Å². The third-order valence-electron chi connectivity index (χ3n) is 3.31. The first kappa shape index (κ1) is 13.4. The highest BCUT2D eigenvalue weighted by molar-refractivity contribution is 5.97. The zero-order valence-corrected chi connectivity index (χ0v) is 11.2. The van der Waals surface area contributed by atoms with Gasteiger partial charge in [-0.2, -0.15) is 5.10 Å². The van der Waals surface area contributed by atoms with E-state index < -0.39 is 0 Å². The maximum absolute atomic E-state index is 12.3. The van der Waals surface area contributed by atoms with Gasteiger partial charge in [0.1, 0.15) is 0 Å². The molecule has 1 fully saturated rings. The number of aromatic nitrogens is 2. The molecule has 1 aliphatic heterocycles. The van der Waals surface area contributed by atoms with Crippen LogP contribution in [0.25, 0.3) is 0 Å². The molecule has 1 unspecified atom stereocenters. The summed E-state index contributed by atoms with van der Waals surface area (Å²) in [5.41, 5.74) is 7.17. The number of anilines is 1. The molecule has 0 spiro atoms. The van der Waals surface area contributed by atoms with Gasteiger partial charge in [0, 0.05) is 26.1 Å². The lowest BCUT2D eigenvalue weighted by atomic mass is 10.1. The van der Waals surface area contributed by atoms with Crippen molar-refractivity contribution < 1.29 is 9.59 Å². The minimum absolute atomic E-state index is 0.0106. The van der Waals surface area contributed by atoms with Gasteiger partial charge < -0.3 is 16.0 Å². The van der Waals surface area contributed by atoms with Crippen LogP contribution in [-0.4, -0.2) is 46.0 Å². The Morgan fingerprint density at radius 2 is 2.26 bits per heavy atom. The van der Waals surface area contributed by atoms with Crippen LogP contribution >= 0.6 is 0 Å². The molecule has 0 aliphatic carbocycles. The molecule has 1 saturated heterocycles. The zero-order chi connectivity index (χ0) is 14.0. The van der Waals surface area contributed by atoms with Crippen molar-refractivity contribution in [1.29, 1.82) is 0 Å². The summed E-state index contributed by atoms with van der Waals surface area (Å²) >= 11 is 0. The predicted octanol–water partition coefficient (Wildman–Crippen LogP) is 0.0410. The fourth-order valence-corrected chi connectivity index (χ4v) is 2.32. The summed E-state index contributed by atoms with van der Waals surface area (Å²) < 4.78 is 0. The molecule has 1 aromatic rings. The maximum atomic E-state index is 12.3. The van der Waals surface area contributed by atoms with Gasteiger partial charge in [-0.05, 0) is 19.8 Å². The molecule has 1 aliphatic rings. The van der Waals surface area contributed by atoms with Crippen molar-refractivity contribution >= 4 is 17.5 Å². The first-order chi connectivity index (χ1) is 8.99. The Labute approximate surface area is 111 Å². The summed E-state index contributed by atoms with van der Waals surface area (Å²) in [4.78, 5) is 25.1. The molecule has 104 valence electrons. The van der Waals surface area contributed by atoms with Gasteiger partial charge in [-0.15, -0.1) is 0 Å². The van der Waals surface area contributed by atoms with Gasteiger partial charge >= 0.3 is 0 Å². The maximum Gasteiger partial charge on any atom is 0.276 e. The monoisotopic (exact) mass is 265 g/mol. The quantitative estimate of drug-likeness (QED) is 0.702. The van der Waals surface area contributed by atoms with Gasteiger partial charge in [-0.3, -0.25) is 14.7 Å². The van der Waals surface area contributed by atoms with Crippen molar-refractivity contribution in [3.8, 4) is 0 Å². The number of carbonyl (C=O) groups excluding carboxylic acids is 2. The number of carbonyl (C=O) groups is 2. The second kappa shape index (κ2) is 5.29. The van der Waals surface area contributed by atoms with Crippen LogP contribution in [-0.2, 0) is 4.79 Å². The Kier molecular flexibility index (Phi) is 3.73. The minimum Gasteiger partial charge on any atom is -0.395 e. The number of nitrogens with zero attached hydrogens (tertiary/aromatic N) is 2. The Hall–Kier alpha value is -2.05. The molecule has 2 rings (SSSR count). The smallest absolute Gasteiger partial charge is 0.276 e. The molecule has 0 saturated carbocycles. The van der Waals surface area contributed by atoms with Crippen LogP contribution in [0.4, 0.5) is 5.69 Å². The average molecular weight is 265 g/mol. The fraction of sp³-hybridized carbons (Fsp3) is 0.583. The summed E-state index contributed by atoms with van der Waals surface area (Å²) in [5, 5.41) is 9.50. The van der Waals surface area contributed by atoms with Gasteiger partial charge in [-0.1, -0.05) is 0 Å². The third kappa shape index (κ3) is 2.86. The fourth-order valence-electron chi connectivity index (χ4n) is 2.32. The molecule has 1 aromatic heterocycles. The van der Waals surface area contributed by atoms with Crippen molar-refractivity contribution in [1.82, 2.24) is 20.4 Å². The van der Waals surface area contributed by atoms with E-state index in [1.807, 2.05) is 0 Å². The van der Waals surface area contributed by atoms with E-state index in [0.717, 1.165) is 12.8 Å². The van der Waals surface area contributed by atoms with Crippen LogP contribution in [0.15, 0.2) is 0 Å². The van der Waals surface area contributed by atoms with Gasteiger partial charge in [-0.25, -0.2) is 0 Å². The number of nitrogen functional groups attached to an aromatic ring is 1. The molecular formula is C12H19N5O2. The Morgan fingerprint density at radius 1 is 1.53 bits per heavy atom. The van der Waals surface area contributed by atoms with Crippen LogP contribution in [0.2, 0.25) is 0 Å². The molecule has 7 nitrogen and oxygen atoms in total. The molecule has 0 radical (unpaired) electrons. The largest absolute Gasteiger partial charge is 0.395 e. The summed E-state index contributed by atoms with van der Waals surface area (Å²) in [7, 11) is 0. The second-order valence-electron chi connectivity index (χ2n) is 4.90. The number of rotatable bonds is 2. The van der Waals surface area contributed by atoms with E-state index in [-0.39, 0.29) is 23.6 Å². The molecule has 0 bridgehead atoms. The molecule has 2 amide bonds. The summed E-state index contributed by atoms with van der Waals surface area (Å²) in [6.45, 7) is 4.43. The number of H-pyrrole nitrogens is 1. The number of hydrogen-bond acceptors (Lipinski definition) is 4. The first-order valence-electron chi connectivity index (χ1n) is 6.36. The number of nitrogens with one attached hydrogen (secondary N) is 2. The third-order valence-corrected chi connectivity index (χ3v) is 3.31. The molecule has 19 heavy (non-hydrogen) atoms. The highest BCUT2D eigenvalue weighted by atomic mass is 16.2. The van der Waals surface area contributed by atoms with E-state index in [0.29, 0.717) is 24.5 Å². The SMILES string of the molecule is CC(=O)NC1CCCN(C(=O)c2n[nH]c(C)c2N)C1. The van der Waals surface area contributed by atoms with Crippen LogP contribution in [0.5, 0.6) is 0 Å². The Morgan fingerprint density at radius 3 is 2.84 bits per heavy atom. The number of aryl methyl sites for hydroxylation is 1. The predicted molar refractivity (Wildman–Crippen MR) is 70.5 cm³/mol. The van der Waals surface area contributed by atoms with E-state index in [2.05, 4.69) is 15.5 Å². The minimum atomic E-state index is -0.183. The lowest BCUT2D eigenvalue weighted by Crippen LogP contribution is -2.49. The van der Waals surface area contributed by atoms with Crippen molar-refractivity contribution in [2.75, 3.05) is 18.8 Å². The number of hydrogen-bond donors (Lipinski definition) is 3. The molecule has 2 heterocycles. The van der Waals surface area contributed by atoms with E-state index >= 15 is 0 Å². The standard InChI is InChI=1S/C12H19N5O2/c1-7-10(13)11(16-15-7)12(19)17-5-3-4-9(6-17)14-8(2)18/h9H,3-6,13H2,1-2H3,(H,14,18)(H,15,16). The first-order valence-corrected chi connectivity index (χ1v) is 6.36. The molecule has 7 heteroatoms. The lowest BCUT2D eigenvalue weighted by Gasteiger charge is -2.32. The van der Waals surface area contributed by atoms with Gasteiger partial charge in [0.05, 0.1) is 11.4 Å². The summed E-state index contributed by atoms with van der Waals surface area (Å²) in [5.74, 6) is -0.258. The zero-order valence-electron chi connectivity index (χ0n) is 11.2. The highest BCUT2D eigenvalue weighted by Crippen LogP contribution is 2.18. The molecule has 1 atom stereocenters. The van der Waals surface area contributed by atoms with Crippen LogP contribution in [0, 0.1) is 6.92 Å². The number of nitrogens with two attached hydrogens (primary N) is 1. The van der Waals surface area contributed by atoms with E-state index in [1.54, 1.807) is 11.8 Å². The Balaban J connectivity index is 2.07. The van der Waals surface area contributed by atoms with Crippen molar-refractivity contribution in [2.24, 2.45) is 0 Å². The van der Waals surface area contributed by atoms with Gasteiger partial charge in [0.2, 0.25) is 5.91 Å². The molecule has 4 N–H and O–H groups in total. The van der Waals surface area contributed by atoms with E-state index in [9.17, 15) is 9.59 Å². The average Bonchev–Trinajstić information content (AvgIpc) is 2.69.